The first-order valence-corrected chi connectivity index (χ1v) is 7.21. The second kappa shape index (κ2) is 5.70. The van der Waals surface area contributed by atoms with Gasteiger partial charge >= 0.3 is 0 Å². The standard InChI is InChI=1S/C15H22N2S/c1-3-4-9-17(12-6-7-12)14-8-5-11(2)10-13(14)15(16)18/h5,8,10,12H,3-4,6-7,9H2,1-2H3,(H2,16,18). The quantitative estimate of drug-likeness (QED) is 0.797. The van der Waals surface area contributed by atoms with Gasteiger partial charge in [0.15, 0.2) is 0 Å². The Labute approximate surface area is 115 Å². The lowest BCUT2D eigenvalue weighted by Gasteiger charge is -2.27. The van der Waals surface area contributed by atoms with Crippen LogP contribution in [0.2, 0.25) is 0 Å². The summed E-state index contributed by atoms with van der Waals surface area (Å²) in [6.45, 7) is 5.42. The normalized spacial score (nSPS) is 14.6. The molecule has 0 amide bonds. The topological polar surface area (TPSA) is 29.3 Å². The minimum atomic E-state index is 0.510. The van der Waals surface area contributed by atoms with Crippen LogP contribution >= 0.6 is 12.2 Å². The van der Waals surface area contributed by atoms with Gasteiger partial charge in [0.2, 0.25) is 0 Å². The molecule has 3 heteroatoms. The van der Waals surface area contributed by atoms with Crippen molar-refractivity contribution in [2.75, 3.05) is 11.4 Å². The summed E-state index contributed by atoms with van der Waals surface area (Å²) < 4.78 is 0. The highest BCUT2D eigenvalue weighted by molar-refractivity contribution is 7.80. The number of anilines is 1. The minimum absolute atomic E-state index is 0.510. The Morgan fingerprint density at radius 1 is 1.44 bits per heavy atom. The van der Waals surface area contributed by atoms with Crippen molar-refractivity contribution in [3.05, 3.63) is 29.3 Å². The number of nitrogens with two attached hydrogens (primary N) is 1. The van der Waals surface area contributed by atoms with Crippen LogP contribution in [-0.4, -0.2) is 17.6 Å². The molecule has 0 aromatic heterocycles. The summed E-state index contributed by atoms with van der Waals surface area (Å²) in [6.07, 6.45) is 5.04. The van der Waals surface area contributed by atoms with E-state index in [4.69, 9.17) is 18.0 Å². The van der Waals surface area contributed by atoms with Gasteiger partial charge in [-0.2, -0.15) is 0 Å². The third-order valence-electron chi connectivity index (χ3n) is 3.47. The van der Waals surface area contributed by atoms with Crippen molar-refractivity contribution in [2.24, 2.45) is 5.73 Å². The molecule has 2 N–H and O–H groups in total. The number of nitrogens with zero attached hydrogens (tertiary/aromatic N) is 1. The molecule has 0 aliphatic heterocycles. The fourth-order valence-corrected chi connectivity index (χ4v) is 2.48. The van der Waals surface area contributed by atoms with Gasteiger partial charge in [0, 0.05) is 23.8 Å². The molecular formula is C15H22N2S. The number of thiocarbonyl (C=S) groups is 1. The number of aryl methyl sites for hydroxylation is 1. The molecule has 0 radical (unpaired) electrons. The molecule has 0 saturated heterocycles. The van der Waals surface area contributed by atoms with Crippen LogP contribution in [0.25, 0.3) is 0 Å². The lowest BCUT2D eigenvalue weighted by Crippen LogP contribution is -2.29. The molecule has 0 bridgehead atoms. The highest BCUT2D eigenvalue weighted by Gasteiger charge is 2.30. The predicted molar refractivity (Wildman–Crippen MR) is 82.3 cm³/mol. The van der Waals surface area contributed by atoms with Crippen molar-refractivity contribution in [3.8, 4) is 0 Å². The fourth-order valence-electron chi connectivity index (χ4n) is 2.31. The van der Waals surface area contributed by atoms with E-state index in [1.165, 1.54) is 36.9 Å². The van der Waals surface area contributed by atoms with E-state index in [-0.39, 0.29) is 0 Å². The zero-order chi connectivity index (χ0) is 13.1. The molecule has 0 atom stereocenters. The van der Waals surface area contributed by atoms with E-state index in [2.05, 4.69) is 36.9 Å². The monoisotopic (exact) mass is 262 g/mol. The van der Waals surface area contributed by atoms with Crippen LogP contribution in [0.5, 0.6) is 0 Å². The van der Waals surface area contributed by atoms with Gasteiger partial charge in [-0.15, -0.1) is 0 Å². The smallest absolute Gasteiger partial charge is 0.106 e. The summed E-state index contributed by atoms with van der Waals surface area (Å²) in [4.78, 5) is 3.01. The molecule has 1 aliphatic carbocycles. The van der Waals surface area contributed by atoms with Gasteiger partial charge in [0.05, 0.1) is 0 Å². The van der Waals surface area contributed by atoms with Crippen LogP contribution < -0.4 is 10.6 Å². The van der Waals surface area contributed by atoms with E-state index >= 15 is 0 Å². The molecule has 1 aliphatic rings. The molecule has 0 unspecified atom stereocenters. The second-order valence-corrected chi connectivity index (χ2v) is 5.60. The lowest BCUT2D eigenvalue weighted by molar-refractivity contribution is 0.712. The first-order chi connectivity index (χ1) is 8.63. The van der Waals surface area contributed by atoms with Crippen LogP contribution in [0.15, 0.2) is 18.2 Å². The summed E-state index contributed by atoms with van der Waals surface area (Å²) in [6, 6.07) is 7.14. The van der Waals surface area contributed by atoms with E-state index in [1.807, 2.05) is 0 Å². The number of benzene rings is 1. The Balaban J connectivity index is 2.30. The Morgan fingerprint density at radius 3 is 2.72 bits per heavy atom. The Hall–Kier alpha value is -1.09. The van der Waals surface area contributed by atoms with Gasteiger partial charge < -0.3 is 10.6 Å². The summed E-state index contributed by atoms with van der Waals surface area (Å²) in [5.74, 6) is 0. The minimum Gasteiger partial charge on any atom is -0.389 e. The van der Waals surface area contributed by atoms with Crippen LogP contribution in [0.3, 0.4) is 0 Å². The molecule has 98 valence electrons. The molecule has 1 aromatic rings. The molecule has 0 spiro atoms. The largest absolute Gasteiger partial charge is 0.389 e. The number of unbranched alkanes of at least 4 members (excludes halogenated alkanes) is 1. The highest BCUT2D eigenvalue weighted by atomic mass is 32.1. The third-order valence-corrected chi connectivity index (χ3v) is 3.69. The fraction of sp³-hybridized carbons (Fsp3) is 0.533. The van der Waals surface area contributed by atoms with Crippen LogP contribution in [0.1, 0.15) is 43.7 Å². The molecule has 2 nitrogen and oxygen atoms in total. The number of hydrogen-bond acceptors (Lipinski definition) is 2. The average molecular weight is 262 g/mol. The number of hydrogen-bond donors (Lipinski definition) is 1. The van der Waals surface area contributed by atoms with Gasteiger partial charge in [-0.1, -0.05) is 37.2 Å². The van der Waals surface area contributed by atoms with Crippen LogP contribution in [0, 0.1) is 6.92 Å². The molecule has 2 rings (SSSR count). The molecule has 1 aromatic carbocycles. The molecule has 0 heterocycles. The van der Waals surface area contributed by atoms with E-state index < -0.39 is 0 Å². The summed E-state index contributed by atoms with van der Waals surface area (Å²) in [5, 5.41) is 0. The van der Waals surface area contributed by atoms with E-state index in [0.29, 0.717) is 11.0 Å². The van der Waals surface area contributed by atoms with Crippen molar-refractivity contribution in [1.82, 2.24) is 0 Å². The van der Waals surface area contributed by atoms with E-state index in [1.54, 1.807) is 0 Å². The van der Waals surface area contributed by atoms with Crippen molar-refractivity contribution in [3.63, 3.8) is 0 Å². The Bertz CT molecular complexity index is 438. The zero-order valence-electron chi connectivity index (χ0n) is 11.3. The number of rotatable bonds is 6. The van der Waals surface area contributed by atoms with Crippen molar-refractivity contribution >= 4 is 22.9 Å². The van der Waals surface area contributed by atoms with Gasteiger partial charge in [-0.05, 0) is 38.3 Å². The Kier molecular flexibility index (Phi) is 4.23. The van der Waals surface area contributed by atoms with Crippen LogP contribution in [-0.2, 0) is 0 Å². The summed E-state index contributed by atoms with van der Waals surface area (Å²) in [5.41, 5.74) is 9.35. The Morgan fingerprint density at radius 2 is 2.17 bits per heavy atom. The van der Waals surface area contributed by atoms with Gasteiger partial charge in [-0.3, -0.25) is 0 Å². The average Bonchev–Trinajstić information content (AvgIpc) is 3.15. The maximum atomic E-state index is 5.88. The van der Waals surface area contributed by atoms with Crippen molar-refractivity contribution in [2.45, 2.75) is 45.6 Å². The van der Waals surface area contributed by atoms with Gasteiger partial charge in [0.1, 0.15) is 4.99 Å². The van der Waals surface area contributed by atoms with Crippen molar-refractivity contribution < 1.29 is 0 Å². The SMILES string of the molecule is CCCCN(c1ccc(C)cc1C(N)=S)C1CC1. The summed E-state index contributed by atoms with van der Waals surface area (Å²) >= 11 is 5.20. The molecule has 18 heavy (non-hydrogen) atoms. The molecule has 1 fully saturated rings. The maximum Gasteiger partial charge on any atom is 0.106 e. The highest BCUT2D eigenvalue weighted by Crippen LogP contribution is 2.34. The predicted octanol–water partition coefficient (Wildman–Crippen LogP) is 3.40. The van der Waals surface area contributed by atoms with Gasteiger partial charge in [-0.25, -0.2) is 0 Å². The zero-order valence-corrected chi connectivity index (χ0v) is 12.1. The van der Waals surface area contributed by atoms with Crippen molar-refractivity contribution in [1.29, 1.82) is 0 Å². The van der Waals surface area contributed by atoms with Crippen LogP contribution in [0.4, 0.5) is 5.69 Å². The maximum absolute atomic E-state index is 5.88. The lowest BCUT2D eigenvalue weighted by atomic mass is 10.1. The molecule has 1 saturated carbocycles. The van der Waals surface area contributed by atoms with E-state index in [0.717, 1.165) is 12.1 Å². The van der Waals surface area contributed by atoms with Gasteiger partial charge in [0.25, 0.3) is 0 Å². The second-order valence-electron chi connectivity index (χ2n) is 5.16. The first kappa shape index (κ1) is 13.3. The first-order valence-electron chi connectivity index (χ1n) is 6.80. The third kappa shape index (κ3) is 3.02. The summed E-state index contributed by atoms with van der Waals surface area (Å²) in [7, 11) is 0. The molecular weight excluding hydrogens is 240 g/mol. The van der Waals surface area contributed by atoms with E-state index in [9.17, 15) is 0 Å².